The van der Waals surface area contributed by atoms with Crippen LogP contribution in [0.15, 0.2) is 48.5 Å². The van der Waals surface area contributed by atoms with Crippen molar-refractivity contribution in [2.24, 2.45) is 11.7 Å². The van der Waals surface area contributed by atoms with Gasteiger partial charge in [-0.15, -0.1) is 0 Å². The molecule has 2 aromatic carbocycles. The van der Waals surface area contributed by atoms with Crippen LogP contribution in [0.5, 0.6) is 5.75 Å². The Kier molecular flexibility index (Phi) is 6.08. The molecule has 0 unspecified atom stereocenters. The molecule has 3 N–H and O–H groups in total. The predicted octanol–water partition coefficient (Wildman–Crippen LogP) is 2.05. The number of hydrogen-bond acceptors (Lipinski definition) is 4. The number of primary amides is 1. The van der Waals surface area contributed by atoms with E-state index in [4.69, 9.17) is 10.5 Å². The Labute approximate surface area is 159 Å². The van der Waals surface area contributed by atoms with E-state index in [1.165, 1.54) is 0 Å². The minimum Gasteiger partial charge on any atom is -0.488 e. The third kappa shape index (κ3) is 4.65. The number of ether oxygens (including phenoxy) is 1. The largest absolute Gasteiger partial charge is 0.488 e. The Morgan fingerprint density at radius 2 is 2.04 bits per heavy atom. The van der Waals surface area contributed by atoms with E-state index >= 15 is 0 Å². The summed E-state index contributed by atoms with van der Waals surface area (Å²) >= 11 is 0. The highest BCUT2D eigenvalue weighted by molar-refractivity contribution is 5.95. The number of carbonyl (C=O) groups excluding carboxylic acids is 2. The van der Waals surface area contributed by atoms with E-state index in [0.717, 1.165) is 31.6 Å². The quantitative estimate of drug-likeness (QED) is 0.784. The van der Waals surface area contributed by atoms with Gasteiger partial charge in [-0.25, -0.2) is 0 Å². The van der Waals surface area contributed by atoms with Crippen LogP contribution in [-0.4, -0.2) is 43.4 Å². The summed E-state index contributed by atoms with van der Waals surface area (Å²) in [5, 5.41) is 3.18. The van der Waals surface area contributed by atoms with E-state index < -0.39 is 5.91 Å². The number of para-hydroxylation sites is 1. The van der Waals surface area contributed by atoms with E-state index in [9.17, 15) is 9.59 Å². The van der Waals surface area contributed by atoms with Crippen LogP contribution in [0.3, 0.4) is 0 Å². The first-order valence-electron chi connectivity index (χ1n) is 9.13. The van der Waals surface area contributed by atoms with Gasteiger partial charge in [0.25, 0.3) is 11.8 Å². The highest BCUT2D eigenvalue weighted by atomic mass is 16.5. The number of hydrogen-bond donors (Lipinski definition) is 2. The van der Waals surface area contributed by atoms with Crippen molar-refractivity contribution >= 4 is 11.8 Å². The zero-order valence-corrected chi connectivity index (χ0v) is 15.5. The highest BCUT2D eigenvalue weighted by Gasteiger charge is 2.26. The van der Waals surface area contributed by atoms with Crippen LogP contribution >= 0.6 is 0 Å². The summed E-state index contributed by atoms with van der Waals surface area (Å²) in [5.41, 5.74) is 7.24. The maximum atomic E-state index is 12.8. The summed E-state index contributed by atoms with van der Waals surface area (Å²) in [6.07, 6.45) is 1.03. The fraction of sp³-hybridized carbons (Fsp3) is 0.333. The van der Waals surface area contributed by atoms with Crippen molar-refractivity contribution in [3.63, 3.8) is 0 Å². The second kappa shape index (κ2) is 8.68. The third-order valence-corrected chi connectivity index (χ3v) is 4.79. The average Bonchev–Trinajstić information content (AvgIpc) is 3.15. The summed E-state index contributed by atoms with van der Waals surface area (Å²) in [6, 6.07) is 14.3. The molecule has 2 aromatic rings. The first-order chi connectivity index (χ1) is 13.1. The molecule has 2 amide bonds. The topological polar surface area (TPSA) is 84.7 Å². The van der Waals surface area contributed by atoms with Crippen LogP contribution in [0.4, 0.5) is 0 Å². The first-order valence-corrected chi connectivity index (χ1v) is 9.13. The normalized spacial score (nSPS) is 16.3. The molecule has 1 fully saturated rings. The van der Waals surface area contributed by atoms with Crippen molar-refractivity contribution in [3.05, 3.63) is 65.2 Å². The lowest BCUT2D eigenvalue weighted by Gasteiger charge is -2.17. The van der Waals surface area contributed by atoms with E-state index in [1.54, 1.807) is 24.3 Å². The monoisotopic (exact) mass is 367 g/mol. The summed E-state index contributed by atoms with van der Waals surface area (Å²) in [4.78, 5) is 26.2. The van der Waals surface area contributed by atoms with E-state index in [-0.39, 0.29) is 12.5 Å². The molecule has 0 aromatic heterocycles. The highest BCUT2D eigenvalue weighted by Crippen LogP contribution is 2.21. The lowest BCUT2D eigenvalue weighted by molar-refractivity contribution is 0.0787. The lowest BCUT2D eigenvalue weighted by Crippen LogP contribution is -2.30. The number of rotatable bonds is 7. The third-order valence-electron chi connectivity index (χ3n) is 4.79. The number of benzene rings is 2. The number of nitrogens with two attached hydrogens (primary N) is 1. The predicted molar refractivity (Wildman–Crippen MR) is 104 cm³/mol. The lowest BCUT2D eigenvalue weighted by atomic mass is 10.1. The Hall–Kier alpha value is -2.86. The smallest absolute Gasteiger partial charge is 0.253 e. The molecule has 1 heterocycles. The van der Waals surface area contributed by atoms with Crippen LogP contribution < -0.4 is 15.8 Å². The van der Waals surface area contributed by atoms with Gasteiger partial charge in [0.1, 0.15) is 12.4 Å². The molecule has 1 aliphatic heterocycles. The van der Waals surface area contributed by atoms with Gasteiger partial charge < -0.3 is 20.7 Å². The molecule has 0 radical (unpaired) electrons. The molecule has 6 nitrogen and oxygen atoms in total. The summed E-state index contributed by atoms with van der Waals surface area (Å²) in [5.74, 6) is 0.472. The molecule has 1 atom stereocenters. The minimum absolute atomic E-state index is 0.0491. The molecular formula is C21H25N3O3. The maximum absolute atomic E-state index is 12.8. The average molecular weight is 367 g/mol. The zero-order valence-electron chi connectivity index (χ0n) is 15.5. The molecule has 1 saturated heterocycles. The zero-order chi connectivity index (χ0) is 19.2. The summed E-state index contributed by atoms with van der Waals surface area (Å²) < 4.78 is 5.76. The molecule has 27 heavy (non-hydrogen) atoms. The molecule has 0 bridgehead atoms. The fourth-order valence-corrected chi connectivity index (χ4v) is 3.41. The van der Waals surface area contributed by atoms with Gasteiger partial charge in [-0.05, 0) is 55.8 Å². The van der Waals surface area contributed by atoms with Gasteiger partial charge in [-0.2, -0.15) is 0 Å². The molecule has 142 valence electrons. The van der Waals surface area contributed by atoms with Gasteiger partial charge in [0.05, 0.1) is 5.56 Å². The molecular weight excluding hydrogens is 342 g/mol. The molecule has 0 saturated carbocycles. The van der Waals surface area contributed by atoms with Crippen LogP contribution in [0, 0.1) is 5.92 Å². The Bertz CT molecular complexity index is 822. The number of likely N-dealkylation sites (tertiary alicyclic amines) is 1. The number of nitrogens with one attached hydrogen (secondary N) is 1. The number of amides is 2. The number of carbonyl (C=O) groups is 2. The molecule has 6 heteroatoms. The van der Waals surface area contributed by atoms with Crippen LogP contribution in [0.2, 0.25) is 0 Å². The Morgan fingerprint density at radius 3 is 2.81 bits per heavy atom. The van der Waals surface area contributed by atoms with Crippen molar-refractivity contribution in [1.82, 2.24) is 10.2 Å². The van der Waals surface area contributed by atoms with Crippen molar-refractivity contribution in [2.75, 3.05) is 26.7 Å². The van der Waals surface area contributed by atoms with Crippen LogP contribution in [0.25, 0.3) is 0 Å². The second-order valence-corrected chi connectivity index (χ2v) is 6.81. The molecule has 0 aliphatic carbocycles. The summed E-state index contributed by atoms with van der Waals surface area (Å²) in [7, 11) is 1.93. The SMILES string of the molecule is CNC[C@H]1CCN(C(=O)c2cccc(COc3ccccc3C(N)=O)c2)C1. The van der Waals surface area contributed by atoms with Gasteiger partial charge in [0.2, 0.25) is 0 Å². The van der Waals surface area contributed by atoms with Crippen molar-refractivity contribution < 1.29 is 14.3 Å². The van der Waals surface area contributed by atoms with Gasteiger partial charge in [-0.3, -0.25) is 9.59 Å². The second-order valence-electron chi connectivity index (χ2n) is 6.81. The maximum Gasteiger partial charge on any atom is 0.253 e. The number of nitrogens with zero attached hydrogens (tertiary/aromatic N) is 1. The molecule has 3 rings (SSSR count). The van der Waals surface area contributed by atoms with Gasteiger partial charge in [0, 0.05) is 18.7 Å². The van der Waals surface area contributed by atoms with Crippen molar-refractivity contribution in [3.8, 4) is 5.75 Å². The van der Waals surface area contributed by atoms with Gasteiger partial charge in [0.15, 0.2) is 0 Å². The van der Waals surface area contributed by atoms with Crippen LogP contribution in [0.1, 0.15) is 32.7 Å². The van der Waals surface area contributed by atoms with Crippen LogP contribution in [-0.2, 0) is 6.61 Å². The van der Waals surface area contributed by atoms with Gasteiger partial charge >= 0.3 is 0 Å². The minimum atomic E-state index is -0.528. The summed E-state index contributed by atoms with van der Waals surface area (Å²) in [6.45, 7) is 2.76. The standard InChI is InChI=1S/C21H25N3O3/c1-23-12-16-9-10-24(13-16)21(26)17-6-4-5-15(11-17)14-27-19-8-3-2-7-18(19)20(22)25/h2-8,11,16,23H,9-10,12-14H2,1H3,(H2,22,25)/t16-/m1/s1. The van der Waals surface area contributed by atoms with Gasteiger partial charge in [-0.1, -0.05) is 24.3 Å². The van der Waals surface area contributed by atoms with E-state index in [1.807, 2.05) is 36.2 Å². The van der Waals surface area contributed by atoms with Crippen molar-refractivity contribution in [2.45, 2.75) is 13.0 Å². The Balaban J connectivity index is 1.66. The Morgan fingerprint density at radius 1 is 1.22 bits per heavy atom. The first kappa shape index (κ1) is 18.9. The van der Waals surface area contributed by atoms with Crippen molar-refractivity contribution in [1.29, 1.82) is 0 Å². The van der Waals surface area contributed by atoms with E-state index in [0.29, 0.717) is 22.8 Å². The van der Waals surface area contributed by atoms with E-state index in [2.05, 4.69) is 5.32 Å². The molecule has 1 aliphatic rings. The molecule has 0 spiro atoms. The fourth-order valence-electron chi connectivity index (χ4n) is 3.41.